The van der Waals surface area contributed by atoms with Crippen LogP contribution in [0.5, 0.6) is 5.75 Å². The summed E-state index contributed by atoms with van der Waals surface area (Å²) in [7, 11) is 0. The number of hydrogen-bond acceptors (Lipinski definition) is 5. The first-order chi connectivity index (χ1) is 12.8. The Hall–Kier alpha value is -2.63. The molecule has 0 bridgehead atoms. The van der Waals surface area contributed by atoms with Crippen molar-refractivity contribution in [3.8, 4) is 16.9 Å². The number of ether oxygens (including phenoxy) is 1. The molecule has 1 heterocycles. The first-order valence-electron chi connectivity index (χ1n) is 9.00. The Morgan fingerprint density at radius 1 is 1.15 bits per heavy atom. The van der Waals surface area contributed by atoms with Crippen LogP contribution in [0.4, 0.5) is 0 Å². The fourth-order valence-electron chi connectivity index (χ4n) is 2.69. The number of β-amino-alcohol motifs (C(OH)–C–C–N with tert-alkyl or cyclic N) is 1. The summed E-state index contributed by atoms with van der Waals surface area (Å²) >= 11 is 0. The van der Waals surface area contributed by atoms with Gasteiger partial charge >= 0.3 is 0 Å². The third kappa shape index (κ3) is 4.96. The summed E-state index contributed by atoms with van der Waals surface area (Å²) in [5.41, 5.74) is 1.66. The van der Waals surface area contributed by atoms with Gasteiger partial charge in [0.1, 0.15) is 30.3 Å². The van der Waals surface area contributed by atoms with Gasteiger partial charge in [-0.15, -0.1) is 0 Å². The molecule has 27 heavy (non-hydrogen) atoms. The Bertz CT molecular complexity index is 957. The maximum absolute atomic E-state index is 12.7. The average molecular weight is 367 g/mol. The molecule has 0 radical (unpaired) electrons. The lowest BCUT2D eigenvalue weighted by molar-refractivity contribution is 0.100. The average Bonchev–Trinajstić information content (AvgIpc) is 2.65. The molecule has 3 rings (SSSR count). The summed E-state index contributed by atoms with van der Waals surface area (Å²) in [4.78, 5) is 12.7. The van der Waals surface area contributed by atoms with E-state index in [9.17, 15) is 9.90 Å². The molecule has 5 nitrogen and oxygen atoms in total. The second kappa shape index (κ2) is 7.94. The lowest BCUT2D eigenvalue weighted by atomic mass is 10.1. The molecule has 0 aliphatic carbocycles. The molecule has 5 heteroatoms. The van der Waals surface area contributed by atoms with Crippen LogP contribution in [-0.4, -0.2) is 29.9 Å². The lowest BCUT2D eigenvalue weighted by Gasteiger charge is -2.22. The number of aliphatic hydroxyl groups is 1. The lowest BCUT2D eigenvalue weighted by Crippen LogP contribution is -2.42. The van der Waals surface area contributed by atoms with Crippen LogP contribution in [0.25, 0.3) is 22.1 Å². The Morgan fingerprint density at radius 3 is 2.59 bits per heavy atom. The van der Waals surface area contributed by atoms with Gasteiger partial charge in [0.25, 0.3) is 0 Å². The number of rotatable bonds is 6. The minimum Gasteiger partial charge on any atom is -0.491 e. The van der Waals surface area contributed by atoms with Crippen molar-refractivity contribution in [2.45, 2.75) is 32.4 Å². The van der Waals surface area contributed by atoms with Crippen molar-refractivity contribution in [3.63, 3.8) is 0 Å². The van der Waals surface area contributed by atoms with Crippen molar-refractivity contribution in [2.24, 2.45) is 0 Å². The zero-order valence-corrected chi connectivity index (χ0v) is 15.9. The van der Waals surface area contributed by atoms with E-state index >= 15 is 0 Å². The highest BCUT2D eigenvalue weighted by Crippen LogP contribution is 2.23. The second-order valence-electron chi connectivity index (χ2n) is 7.60. The standard InChI is InChI=1S/C22H25NO4/c1-22(2,3)23-12-16(24)13-26-17-9-10-18-20(11-17)27-14-19(21(18)25)15-7-5-4-6-8-15/h4-11,14,16,23-24H,12-13H2,1-3H3. The van der Waals surface area contributed by atoms with Gasteiger partial charge in [0.15, 0.2) is 5.43 Å². The first kappa shape index (κ1) is 19.1. The maximum atomic E-state index is 12.7. The quantitative estimate of drug-likeness (QED) is 0.697. The fourth-order valence-corrected chi connectivity index (χ4v) is 2.69. The third-order valence-corrected chi connectivity index (χ3v) is 4.14. The Kier molecular flexibility index (Phi) is 5.63. The van der Waals surface area contributed by atoms with Gasteiger partial charge in [-0.3, -0.25) is 4.79 Å². The molecule has 0 fully saturated rings. The number of hydrogen-bond donors (Lipinski definition) is 2. The SMILES string of the molecule is CC(C)(C)NCC(O)COc1ccc2c(=O)c(-c3ccccc3)coc2c1. The highest BCUT2D eigenvalue weighted by molar-refractivity contribution is 5.82. The summed E-state index contributed by atoms with van der Waals surface area (Å²) in [5.74, 6) is 0.549. The largest absolute Gasteiger partial charge is 0.491 e. The van der Waals surface area contributed by atoms with Crippen molar-refractivity contribution in [1.82, 2.24) is 5.32 Å². The highest BCUT2D eigenvalue weighted by atomic mass is 16.5. The van der Waals surface area contributed by atoms with E-state index in [0.717, 1.165) is 5.56 Å². The minimum absolute atomic E-state index is 0.0657. The van der Waals surface area contributed by atoms with Gasteiger partial charge in [0.05, 0.1) is 10.9 Å². The molecule has 3 aromatic rings. The van der Waals surface area contributed by atoms with Crippen LogP contribution < -0.4 is 15.5 Å². The first-order valence-corrected chi connectivity index (χ1v) is 9.00. The fraction of sp³-hybridized carbons (Fsp3) is 0.318. The number of fused-ring (bicyclic) bond motifs is 1. The van der Waals surface area contributed by atoms with Crippen LogP contribution in [0.15, 0.2) is 64.0 Å². The molecule has 142 valence electrons. The summed E-state index contributed by atoms with van der Waals surface area (Å²) in [6.07, 6.45) is 0.846. The van der Waals surface area contributed by atoms with Crippen LogP contribution in [0.3, 0.4) is 0 Å². The van der Waals surface area contributed by atoms with Crippen molar-refractivity contribution < 1.29 is 14.3 Å². The molecule has 1 atom stereocenters. The van der Waals surface area contributed by atoms with Gasteiger partial charge in [-0.1, -0.05) is 30.3 Å². The van der Waals surface area contributed by atoms with E-state index in [0.29, 0.717) is 28.8 Å². The van der Waals surface area contributed by atoms with Crippen LogP contribution in [0.1, 0.15) is 20.8 Å². The van der Waals surface area contributed by atoms with Crippen molar-refractivity contribution in [3.05, 3.63) is 65.0 Å². The number of benzene rings is 2. The van der Waals surface area contributed by atoms with E-state index < -0.39 is 6.10 Å². The normalized spacial score (nSPS) is 12.9. The van der Waals surface area contributed by atoms with E-state index in [1.165, 1.54) is 6.26 Å². The molecule has 0 amide bonds. The zero-order chi connectivity index (χ0) is 19.4. The van der Waals surface area contributed by atoms with Gasteiger partial charge in [0, 0.05) is 18.2 Å². The summed E-state index contributed by atoms with van der Waals surface area (Å²) in [6.45, 7) is 6.70. The Morgan fingerprint density at radius 2 is 1.89 bits per heavy atom. The van der Waals surface area contributed by atoms with E-state index in [-0.39, 0.29) is 17.6 Å². The van der Waals surface area contributed by atoms with Gasteiger partial charge in [0.2, 0.25) is 0 Å². The van der Waals surface area contributed by atoms with Crippen LogP contribution >= 0.6 is 0 Å². The van der Waals surface area contributed by atoms with Crippen molar-refractivity contribution in [1.29, 1.82) is 0 Å². The predicted octanol–water partition coefficient (Wildman–Crippen LogP) is 3.59. The minimum atomic E-state index is -0.632. The van der Waals surface area contributed by atoms with Crippen LogP contribution in [0.2, 0.25) is 0 Å². The van der Waals surface area contributed by atoms with Crippen molar-refractivity contribution in [2.75, 3.05) is 13.2 Å². The molecule has 0 saturated carbocycles. The van der Waals surface area contributed by atoms with Crippen LogP contribution in [0, 0.1) is 0 Å². The van der Waals surface area contributed by atoms with Gasteiger partial charge < -0.3 is 19.6 Å². The molecule has 1 unspecified atom stereocenters. The summed E-state index contributed by atoms with van der Waals surface area (Å²) in [5, 5.41) is 13.8. The van der Waals surface area contributed by atoms with Crippen molar-refractivity contribution >= 4 is 11.0 Å². The molecule has 1 aromatic heterocycles. The van der Waals surface area contributed by atoms with E-state index in [2.05, 4.69) is 5.32 Å². The molecular formula is C22H25NO4. The molecule has 2 aromatic carbocycles. The molecule has 0 saturated heterocycles. The third-order valence-electron chi connectivity index (χ3n) is 4.14. The molecule has 0 spiro atoms. The van der Waals surface area contributed by atoms with E-state index in [1.807, 2.05) is 51.1 Å². The summed E-state index contributed by atoms with van der Waals surface area (Å²) in [6, 6.07) is 14.5. The van der Waals surface area contributed by atoms with Crippen LogP contribution in [-0.2, 0) is 0 Å². The molecule has 2 N–H and O–H groups in total. The van der Waals surface area contributed by atoms with E-state index in [4.69, 9.17) is 9.15 Å². The smallest absolute Gasteiger partial charge is 0.200 e. The Balaban J connectivity index is 1.74. The summed E-state index contributed by atoms with van der Waals surface area (Å²) < 4.78 is 11.3. The Labute approximate surface area is 158 Å². The highest BCUT2D eigenvalue weighted by Gasteiger charge is 2.13. The number of aliphatic hydroxyl groups excluding tert-OH is 1. The monoisotopic (exact) mass is 367 g/mol. The molecule has 0 aliphatic rings. The molecule has 0 aliphatic heterocycles. The molecular weight excluding hydrogens is 342 g/mol. The van der Waals surface area contributed by atoms with Gasteiger partial charge in [-0.25, -0.2) is 0 Å². The van der Waals surface area contributed by atoms with E-state index in [1.54, 1.807) is 18.2 Å². The van der Waals surface area contributed by atoms with Gasteiger partial charge in [-0.05, 0) is 38.5 Å². The van der Waals surface area contributed by atoms with Gasteiger partial charge in [-0.2, -0.15) is 0 Å². The predicted molar refractivity (Wildman–Crippen MR) is 107 cm³/mol. The number of nitrogens with one attached hydrogen (secondary N) is 1. The zero-order valence-electron chi connectivity index (χ0n) is 15.9. The topological polar surface area (TPSA) is 71.7 Å². The second-order valence-corrected chi connectivity index (χ2v) is 7.60. The maximum Gasteiger partial charge on any atom is 0.200 e.